The highest BCUT2D eigenvalue weighted by molar-refractivity contribution is 5.89. The molecule has 10 nitrogen and oxygen atoms in total. The molecular formula is C20H30N2O8. The number of carboxylic acid groups (broad SMARTS) is 2. The summed E-state index contributed by atoms with van der Waals surface area (Å²) in [7, 11) is 7.19. The molecular weight excluding hydrogens is 396 g/mol. The van der Waals surface area contributed by atoms with Crippen molar-refractivity contribution >= 4 is 23.9 Å². The van der Waals surface area contributed by atoms with Crippen LogP contribution in [-0.2, 0) is 28.7 Å². The van der Waals surface area contributed by atoms with E-state index in [1.54, 1.807) is 38.0 Å². The average molecular weight is 426 g/mol. The van der Waals surface area contributed by atoms with Gasteiger partial charge in [-0.1, -0.05) is 12.2 Å². The molecule has 1 fully saturated rings. The molecule has 0 amide bonds. The van der Waals surface area contributed by atoms with Crippen LogP contribution in [0.2, 0.25) is 0 Å². The number of hydrogen-bond acceptors (Lipinski definition) is 8. The maximum absolute atomic E-state index is 12.7. The molecule has 0 spiro atoms. The van der Waals surface area contributed by atoms with Crippen molar-refractivity contribution in [1.29, 1.82) is 0 Å². The van der Waals surface area contributed by atoms with Gasteiger partial charge in [0.25, 0.3) is 0 Å². The molecule has 10 heteroatoms. The fourth-order valence-corrected chi connectivity index (χ4v) is 4.23. The van der Waals surface area contributed by atoms with E-state index < -0.39 is 59.4 Å². The number of likely N-dealkylation sites (N-methyl/N-ethyl adjacent to an activating group) is 2. The number of hydrogen-bond donors (Lipinski definition) is 2. The number of aliphatic carboxylic acids is 2. The summed E-state index contributed by atoms with van der Waals surface area (Å²) in [5.41, 5.74) is 0. The number of rotatable bonds is 10. The van der Waals surface area contributed by atoms with Gasteiger partial charge in [-0.15, -0.1) is 0 Å². The number of nitrogens with zero attached hydrogens (tertiary/aromatic N) is 2. The minimum atomic E-state index is -1.26. The highest BCUT2D eigenvalue weighted by Crippen LogP contribution is 2.52. The molecule has 2 N–H and O–H groups in total. The summed E-state index contributed by atoms with van der Waals surface area (Å²) in [6.07, 6.45) is 3.06. The zero-order valence-electron chi connectivity index (χ0n) is 17.7. The lowest BCUT2D eigenvalue weighted by molar-refractivity contribution is -0.182. The van der Waals surface area contributed by atoms with Crippen LogP contribution in [0, 0.1) is 35.5 Å². The normalized spacial score (nSPS) is 29.8. The minimum absolute atomic E-state index is 0.0590. The Hall–Kier alpha value is -2.46. The molecule has 2 bridgehead atoms. The molecule has 0 aromatic heterocycles. The Bertz CT molecular complexity index is 647. The van der Waals surface area contributed by atoms with Gasteiger partial charge in [0.1, 0.15) is 13.2 Å². The van der Waals surface area contributed by atoms with Crippen molar-refractivity contribution in [3.63, 3.8) is 0 Å². The van der Waals surface area contributed by atoms with Gasteiger partial charge in [0.2, 0.25) is 0 Å². The Morgan fingerprint density at radius 1 is 0.700 bits per heavy atom. The third-order valence-corrected chi connectivity index (χ3v) is 5.67. The molecule has 3 aliphatic rings. The Kier molecular flexibility index (Phi) is 7.96. The Labute approximate surface area is 175 Å². The summed E-state index contributed by atoms with van der Waals surface area (Å²) in [6.45, 7) is 1.01. The van der Waals surface area contributed by atoms with E-state index in [1.165, 1.54) is 12.2 Å². The second-order valence-corrected chi connectivity index (χ2v) is 8.26. The fraction of sp³-hybridized carbons (Fsp3) is 0.700. The Balaban J connectivity index is 2.28. The molecule has 0 aromatic carbocycles. The van der Waals surface area contributed by atoms with Gasteiger partial charge in [0.15, 0.2) is 0 Å². The molecule has 0 aliphatic heterocycles. The topological polar surface area (TPSA) is 134 Å². The fourth-order valence-electron chi connectivity index (χ4n) is 4.23. The van der Waals surface area contributed by atoms with Crippen molar-refractivity contribution in [1.82, 2.24) is 9.80 Å². The van der Waals surface area contributed by atoms with Crippen LogP contribution >= 0.6 is 0 Å². The molecule has 6 atom stereocenters. The molecule has 0 heterocycles. The van der Waals surface area contributed by atoms with Gasteiger partial charge in [0.05, 0.1) is 23.7 Å². The van der Waals surface area contributed by atoms with Crippen LogP contribution in [-0.4, -0.2) is 98.4 Å². The van der Waals surface area contributed by atoms with Crippen molar-refractivity contribution < 1.29 is 38.9 Å². The summed E-state index contributed by atoms with van der Waals surface area (Å²) < 4.78 is 10.5. The van der Waals surface area contributed by atoms with Crippen LogP contribution in [0.4, 0.5) is 0 Å². The van der Waals surface area contributed by atoms with Crippen LogP contribution < -0.4 is 0 Å². The largest absolute Gasteiger partial charge is 0.481 e. The number of allylic oxidation sites excluding steroid dienone is 2. The maximum atomic E-state index is 12.7. The van der Waals surface area contributed by atoms with Crippen molar-refractivity contribution in [2.75, 3.05) is 54.5 Å². The zero-order valence-corrected chi connectivity index (χ0v) is 17.7. The third-order valence-electron chi connectivity index (χ3n) is 5.67. The molecule has 0 unspecified atom stereocenters. The Morgan fingerprint density at radius 2 is 1.03 bits per heavy atom. The number of carbonyl (C=O) groups excluding carboxylic acids is 2. The number of ether oxygens (including phenoxy) is 2. The van der Waals surface area contributed by atoms with E-state index >= 15 is 0 Å². The summed E-state index contributed by atoms with van der Waals surface area (Å²) in [5.74, 6) is -10.8. The van der Waals surface area contributed by atoms with E-state index in [-0.39, 0.29) is 13.2 Å². The number of esters is 2. The average Bonchev–Trinajstić information content (AvgIpc) is 2.65. The molecule has 3 aliphatic carbocycles. The smallest absolute Gasteiger partial charge is 0.310 e. The lowest BCUT2D eigenvalue weighted by Gasteiger charge is -2.48. The van der Waals surface area contributed by atoms with Gasteiger partial charge in [-0.3, -0.25) is 19.2 Å². The van der Waals surface area contributed by atoms with Crippen molar-refractivity contribution in [3.05, 3.63) is 12.2 Å². The number of carboxylic acids is 2. The van der Waals surface area contributed by atoms with Crippen molar-refractivity contribution in [2.45, 2.75) is 0 Å². The lowest BCUT2D eigenvalue weighted by atomic mass is 9.53. The van der Waals surface area contributed by atoms with E-state index in [0.717, 1.165) is 0 Å². The van der Waals surface area contributed by atoms with E-state index in [9.17, 15) is 29.4 Å². The van der Waals surface area contributed by atoms with Crippen LogP contribution in [0.5, 0.6) is 0 Å². The first-order valence-electron chi connectivity index (χ1n) is 9.83. The predicted octanol–water partition coefficient (Wildman–Crippen LogP) is -0.354. The SMILES string of the molecule is CN(C)CCOC(=O)[C@@H]1[C@H]2C=C[C@H]([C@@H](C(=O)OCCN(C)C)[C@H]2C(=O)O)[C@@H]1C(=O)O. The predicted molar refractivity (Wildman–Crippen MR) is 104 cm³/mol. The molecule has 3 rings (SSSR count). The van der Waals surface area contributed by atoms with Gasteiger partial charge in [-0.2, -0.15) is 0 Å². The quantitative estimate of drug-likeness (QED) is 0.352. The standard InChI is InChI=1S/C20H30N2O8/c1-21(2)7-9-29-19(27)15-11-5-6-12(13(15)17(23)24)16(14(11)18(25)26)20(28)30-10-8-22(3)4/h5-6,11-16H,7-10H2,1-4H3,(H,23,24)(H,25,26)/t11-,12-,13-,14-,15+,16+/m0/s1. The van der Waals surface area contributed by atoms with Crippen LogP contribution in [0.25, 0.3) is 0 Å². The minimum Gasteiger partial charge on any atom is -0.481 e. The summed E-state index contributed by atoms with van der Waals surface area (Å²) in [6, 6.07) is 0. The summed E-state index contributed by atoms with van der Waals surface area (Å²) in [4.78, 5) is 53.1. The van der Waals surface area contributed by atoms with Crippen molar-refractivity contribution in [2.24, 2.45) is 35.5 Å². The second-order valence-electron chi connectivity index (χ2n) is 8.26. The first-order chi connectivity index (χ1) is 14.1. The zero-order chi connectivity index (χ0) is 22.6. The number of carbonyl (C=O) groups is 4. The van der Waals surface area contributed by atoms with Gasteiger partial charge in [-0.05, 0) is 28.2 Å². The lowest BCUT2D eigenvalue weighted by Crippen LogP contribution is -2.58. The monoisotopic (exact) mass is 426 g/mol. The van der Waals surface area contributed by atoms with Crippen LogP contribution in [0.1, 0.15) is 0 Å². The molecule has 168 valence electrons. The molecule has 1 saturated carbocycles. The first kappa shape index (κ1) is 23.8. The third kappa shape index (κ3) is 5.17. The van der Waals surface area contributed by atoms with E-state index in [0.29, 0.717) is 13.1 Å². The van der Waals surface area contributed by atoms with E-state index in [2.05, 4.69) is 0 Å². The molecule has 0 saturated heterocycles. The highest BCUT2D eigenvalue weighted by Gasteiger charge is 2.61. The number of fused-ring (bicyclic) bond motifs is 2. The van der Waals surface area contributed by atoms with Crippen molar-refractivity contribution in [3.8, 4) is 0 Å². The second kappa shape index (κ2) is 10.0. The van der Waals surface area contributed by atoms with Gasteiger partial charge >= 0.3 is 23.9 Å². The first-order valence-corrected chi connectivity index (χ1v) is 9.83. The van der Waals surface area contributed by atoms with Gasteiger partial charge in [0, 0.05) is 24.9 Å². The molecule has 0 radical (unpaired) electrons. The highest BCUT2D eigenvalue weighted by atomic mass is 16.5. The van der Waals surface area contributed by atoms with Gasteiger partial charge < -0.3 is 29.5 Å². The van der Waals surface area contributed by atoms with E-state index in [1.807, 2.05) is 0 Å². The van der Waals surface area contributed by atoms with Crippen LogP contribution in [0.3, 0.4) is 0 Å². The molecule has 0 aromatic rings. The molecule has 30 heavy (non-hydrogen) atoms. The van der Waals surface area contributed by atoms with Gasteiger partial charge in [-0.25, -0.2) is 0 Å². The van der Waals surface area contributed by atoms with Crippen LogP contribution in [0.15, 0.2) is 12.2 Å². The summed E-state index contributed by atoms with van der Waals surface area (Å²) in [5, 5.41) is 19.6. The summed E-state index contributed by atoms with van der Waals surface area (Å²) >= 11 is 0. The van der Waals surface area contributed by atoms with E-state index in [4.69, 9.17) is 9.47 Å². The maximum Gasteiger partial charge on any atom is 0.310 e. The Morgan fingerprint density at radius 3 is 1.30 bits per heavy atom.